The smallest absolute Gasteiger partial charge is 0.251 e. The molecule has 5 nitrogen and oxygen atoms in total. The minimum atomic E-state index is -0.0640. The zero-order chi connectivity index (χ0) is 20.4. The molecule has 0 atom stereocenters. The first kappa shape index (κ1) is 25.3. The quantitative estimate of drug-likeness (QED) is 0.236. The number of aliphatic imine (C=N–C) groups is 1. The van der Waals surface area contributed by atoms with Gasteiger partial charge in [0.2, 0.25) is 0 Å². The first-order chi connectivity index (χ1) is 13.6. The van der Waals surface area contributed by atoms with Crippen LogP contribution in [-0.2, 0) is 13.0 Å². The molecule has 1 amide bonds. The molecule has 0 aliphatic heterocycles. The van der Waals surface area contributed by atoms with E-state index in [1.807, 2.05) is 24.3 Å². The molecule has 0 saturated carbocycles. The average Bonchev–Trinajstić information content (AvgIpc) is 2.73. The first-order valence-electron chi connectivity index (χ1n) is 9.50. The highest BCUT2D eigenvalue weighted by Gasteiger charge is 2.07. The lowest BCUT2D eigenvalue weighted by Crippen LogP contribution is -2.38. The van der Waals surface area contributed by atoms with Crippen molar-refractivity contribution in [1.29, 1.82) is 0 Å². The van der Waals surface area contributed by atoms with Crippen LogP contribution in [0.5, 0.6) is 0 Å². The number of nitrogens with one attached hydrogen (secondary N) is 2. The summed E-state index contributed by atoms with van der Waals surface area (Å²) in [5.41, 5.74) is 3.04. The summed E-state index contributed by atoms with van der Waals surface area (Å²) in [4.78, 5) is 19.9. The normalized spacial score (nSPS) is 10.8. The van der Waals surface area contributed by atoms with E-state index >= 15 is 0 Å². The fourth-order valence-electron chi connectivity index (χ4n) is 2.85. The molecule has 0 fully saturated rings. The molecule has 0 heterocycles. The van der Waals surface area contributed by atoms with E-state index in [4.69, 9.17) is 4.99 Å². The summed E-state index contributed by atoms with van der Waals surface area (Å²) in [5.74, 6) is 0.824. The van der Waals surface area contributed by atoms with Crippen molar-refractivity contribution in [3.05, 3.63) is 65.2 Å². The molecule has 0 saturated heterocycles. The molecular weight excluding hydrogens is 495 g/mol. The van der Waals surface area contributed by atoms with E-state index in [1.165, 1.54) is 10.5 Å². The van der Waals surface area contributed by atoms with Gasteiger partial charge in [0.15, 0.2) is 5.96 Å². The van der Waals surface area contributed by atoms with Gasteiger partial charge in [-0.25, -0.2) is 0 Å². The Hall–Kier alpha value is -1.74. The van der Waals surface area contributed by atoms with Crippen molar-refractivity contribution in [2.75, 3.05) is 33.4 Å². The van der Waals surface area contributed by atoms with Crippen molar-refractivity contribution in [3.63, 3.8) is 0 Å². The van der Waals surface area contributed by atoms with Crippen molar-refractivity contribution < 1.29 is 4.79 Å². The minimum absolute atomic E-state index is 0. The lowest BCUT2D eigenvalue weighted by Gasteiger charge is -2.22. The monoisotopic (exact) mass is 526 g/mol. The molecule has 158 valence electrons. The number of rotatable bonds is 8. The molecule has 2 aromatic rings. The maximum absolute atomic E-state index is 11.8. The number of carbonyl (C=O) groups excluding carboxylic acids is 1. The second-order valence-electron chi connectivity index (χ2n) is 6.47. The number of benzene rings is 2. The number of amides is 1. The van der Waals surface area contributed by atoms with E-state index in [0.29, 0.717) is 12.1 Å². The van der Waals surface area contributed by atoms with Gasteiger partial charge in [0.05, 0.1) is 0 Å². The predicted octanol–water partition coefficient (Wildman–Crippen LogP) is 4.03. The molecule has 0 aromatic heterocycles. The molecule has 0 radical (unpaired) electrons. The number of carbonyl (C=O) groups is 1. The third-order valence-corrected chi connectivity index (χ3v) is 5.10. The van der Waals surface area contributed by atoms with Crippen LogP contribution < -0.4 is 10.6 Å². The summed E-state index contributed by atoms with van der Waals surface area (Å²) in [7, 11) is 3.70. The van der Waals surface area contributed by atoms with Crippen molar-refractivity contribution in [2.24, 2.45) is 4.99 Å². The third kappa shape index (κ3) is 8.26. The van der Waals surface area contributed by atoms with E-state index in [-0.39, 0.29) is 29.9 Å². The van der Waals surface area contributed by atoms with Gasteiger partial charge in [-0.2, -0.15) is 0 Å². The maximum atomic E-state index is 11.8. The zero-order valence-electron chi connectivity index (χ0n) is 17.6. The Morgan fingerprint density at radius 3 is 2.48 bits per heavy atom. The molecule has 0 unspecified atom stereocenters. The minimum Gasteiger partial charge on any atom is -0.357 e. The van der Waals surface area contributed by atoms with Gasteiger partial charge >= 0.3 is 0 Å². The van der Waals surface area contributed by atoms with E-state index in [2.05, 4.69) is 60.0 Å². The van der Waals surface area contributed by atoms with Crippen molar-refractivity contribution in [3.8, 4) is 0 Å². The first-order valence-corrected chi connectivity index (χ1v) is 10.7. The van der Waals surface area contributed by atoms with Gasteiger partial charge in [-0.1, -0.05) is 24.3 Å². The SMILES string of the molecule is CCNC(=NCCc1cccc(C(=O)NC)c1)N(C)Cc1ccc(SC)cc1.I. The summed E-state index contributed by atoms with van der Waals surface area (Å²) in [6.45, 7) is 4.35. The van der Waals surface area contributed by atoms with Gasteiger partial charge in [-0.15, -0.1) is 35.7 Å². The fraction of sp³-hybridized carbons (Fsp3) is 0.364. The van der Waals surface area contributed by atoms with Gasteiger partial charge in [0, 0.05) is 44.2 Å². The van der Waals surface area contributed by atoms with Gasteiger partial charge in [0.1, 0.15) is 0 Å². The van der Waals surface area contributed by atoms with Crippen LogP contribution in [0.3, 0.4) is 0 Å². The van der Waals surface area contributed by atoms with Gasteiger partial charge in [-0.05, 0) is 55.0 Å². The molecule has 0 aliphatic carbocycles. The number of hydrogen-bond acceptors (Lipinski definition) is 3. The van der Waals surface area contributed by atoms with Crippen LogP contribution in [0.4, 0.5) is 0 Å². The second kappa shape index (κ2) is 13.5. The Morgan fingerprint density at radius 2 is 1.86 bits per heavy atom. The summed E-state index contributed by atoms with van der Waals surface area (Å²) < 4.78 is 0. The van der Waals surface area contributed by atoms with E-state index < -0.39 is 0 Å². The van der Waals surface area contributed by atoms with Gasteiger partial charge < -0.3 is 15.5 Å². The van der Waals surface area contributed by atoms with Crippen LogP contribution in [0.1, 0.15) is 28.4 Å². The molecule has 0 bridgehead atoms. The molecule has 2 rings (SSSR count). The Labute approximate surface area is 195 Å². The van der Waals surface area contributed by atoms with Crippen LogP contribution >= 0.6 is 35.7 Å². The van der Waals surface area contributed by atoms with Crippen LogP contribution in [0.15, 0.2) is 58.4 Å². The maximum Gasteiger partial charge on any atom is 0.251 e. The second-order valence-corrected chi connectivity index (χ2v) is 7.35. The number of nitrogens with zero attached hydrogens (tertiary/aromatic N) is 2. The lowest BCUT2D eigenvalue weighted by molar-refractivity contribution is 0.0963. The lowest BCUT2D eigenvalue weighted by atomic mass is 10.1. The molecule has 7 heteroatoms. The van der Waals surface area contributed by atoms with E-state index in [9.17, 15) is 4.79 Å². The Kier molecular flexibility index (Phi) is 11.8. The van der Waals surface area contributed by atoms with Crippen LogP contribution in [0.2, 0.25) is 0 Å². The highest BCUT2D eigenvalue weighted by Crippen LogP contribution is 2.15. The van der Waals surface area contributed by atoms with Gasteiger partial charge in [-0.3, -0.25) is 9.79 Å². The summed E-state index contributed by atoms with van der Waals surface area (Å²) in [6.07, 6.45) is 2.87. The Balaban J connectivity index is 0.00000420. The molecule has 2 N–H and O–H groups in total. The van der Waals surface area contributed by atoms with E-state index in [0.717, 1.165) is 31.0 Å². The van der Waals surface area contributed by atoms with Crippen molar-refractivity contribution in [1.82, 2.24) is 15.5 Å². The number of halogens is 1. The molecule has 29 heavy (non-hydrogen) atoms. The standard InChI is InChI=1S/C22H30N4OS.HI/c1-5-24-22(26(3)16-18-9-11-20(28-4)12-10-18)25-14-13-17-7-6-8-19(15-17)21(27)23-2;/h6-12,15H,5,13-14,16H2,1-4H3,(H,23,27)(H,24,25);1H. The zero-order valence-corrected chi connectivity index (χ0v) is 20.7. The number of guanidine groups is 1. The molecular formula is C22H31IN4OS. The molecule has 0 aliphatic rings. The highest BCUT2D eigenvalue weighted by atomic mass is 127. The van der Waals surface area contributed by atoms with E-state index in [1.54, 1.807) is 18.8 Å². The van der Waals surface area contributed by atoms with Crippen molar-refractivity contribution >= 4 is 47.6 Å². The largest absolute Gasteiger partial charge is 0.357 e. The van der Waals surface area contributed by atoms with Crippen LogP contribution in [-0.4, -0.2) is 50.2 Å². The Bertz CT molecular complexity index is 796. The third-order valence-electron chi connectivity index (χ3n) is 4.35. The molecule has 0 spiro atoms. The Morgan fingerprint density at radius 1 is 1.14 bits per heavy atom. The summed E-state index contributed by atoms with van der Waals surface area (Å²) in [5, 5.41) is 6.02. The predicted molar refractivity (Wildman–Crippen MR) is 135 cm³/mol. The fourth-order valence-corrected chi connectivity index (χ4v) is 3.26. The topological polar surface area (TPSA) is 56.7 Å². The highest BCUT2D eigenvalue weighted by molar-refractivity contribution is 14.0. The number of thioether (sulfide) groups is 1. The van der Waals surface area contributed by atoms with Crippen LogP contribution in [0, 0.1) is 0 Å². The van der Waals surface area contributed by atoms with Crippen molar-refractivity contribution in [2.45, 2.75) is 24.8 Å². The van der Waals surface area contributed by atoms with Crippen LogP contribution in [0.25, 0.3) is 0 Å². The summed E-state index contributed by atoms with van der Waals surface area (Å²) in [6, 6.07) is 16.3. The van der Waals surface area contributed by atoms with Gasteiger partial charge in [0.25, 0.3) is 5.91 Å². The summed E-state index contributed by atoms with van der Waals surface area (Å²) >= 11 is 1.75. The number of hydrogen-bond donors (Lipinski definition) is 2. The average molecular weight is 526 g/mol. The molecule has 2 aromatic carbocycles.